The van der Waals surface area contributed by atoms with Crippen molar-refractivity contribution in [1.82, 2.24) is 14.9 Å². The van der Waals surface area contributed by atoms with Gasteiger partial charge in [-0.25, -0.2) is 4.68 Å². The molecule has 0 aliphatic carbocycles. The average molecular weight is 441 g/mol. The Morgan fingerprint density at radius 3 is 2.92 bits per heavy atom. The fourth-order valence-electron chi connectivity index (χ4n) is 2.29. The SMILES string of the molecule is COc1cc(CNn2c(C)n[nH]c2=S)cc(Br)c1OCc1cccs1. The third-order valence-electron chi connectivity index (χ3n) is 3.51. The second-order valence-corrected chi connectivity index (χ2v) is 7.50. The first-order valence-electron chi connectivity index (χ1n) is 7.48. The standard InChI is InChI=1S/C16H17BrN4O2S2/c1-10-19-20-16(24)21(10)18-8-11-6-13(17)15(14(7-11)22-2)23-9-12-4-3-5-25-12/h3-7,18H,8-9H2,1-2H3,(H,20,24). The lowest BCUT2D eigenvalue weighted by Gasteiger charge is -2.15. The molecule has 0 radical (unpaired) electrons. The summed E-state index contributed by atoms with van der Waals surface area (Å²) in [5.74, 6) is 2.14. The van der Waals surface area contributed by atoms with Gasteiger partial charge in [-0.2, -0.15) is 5.10 Å². The van der Waals surface area contributed by atoms with Gasteiger partial charge in [-0.15, -0.1) is 11.3 Å². The van der Waals surface area contributed by atoms with Gasteiger partial charge in [0.25, 0.3) is 0 Å². The average Bonchev–Trinajstić information content (AvgIpc) is 3.22. The molecule has 6 nitrogen and oxygen atoms in total. The van der Waals surface area contributed by atoms with Gasteiger partial charge in [0.1, 0.15) is 12.4 Å². The fraction of sp³-hybridized carbons (Fsp3) is 0.250. The van der Waals surface area contributed by atoms with Crippen LogP contribution < -0.4 is 14.9 Å². The lowest BCUT2D eigenvalue weighted by molar-refractivity contribution is 0.285. The van der Waals surface area contributed by atoms with Crippen LogP contribution in [0, 0.1) is 11.7 Å². The van der Waals surface area contributed by atoms with Crippen LogP contribution in [0.4, 0.5) is 0 Å². The molecule has 0 spiro atoms. The summed E-state index contributed by atoms with van der Waals surface area (Å²) in [7, 11) is 1.63. The van der Waals surface area contributed by atoms with E-state index in [-0.39, 0.29) is 0 Å². The first kappa shape index (κ1) is 18.0. The lowest BCUT2D eigenvalue weighted by atomic mass is 10.2. The molecule has 3 rings (SSSR count). The van der Waals surface area contributed by atoms with Gasteiger partial charge in [-0.05, 0) is 64.2 Å². The maximum Gasteiger partial charge on any atom is 0.214 e. The predicted molar refractivity (Wildman–Crippen MR) is 105 cm³/mol. The van der Waals surface area contributed by atoms with Crippen molar-refractivity contribution >= 4 is 39.5 Å². The summed E-state index contributed by atoms with van der Waals surface area (Å²) in [6.45, 7) is 2.94. The van der Waals surface area contributed by atoms with Gasteiger partial charge in [0.2, 0.25) is 4.77 Å². The predicted octanol–water partition coefficient (Wildman–Crippen LogP) is 4.40. The molecule has 9 heteroatoms. The summed E-state index contributed by atoms with van der Waals surface area (Å²) in [4.78, 5) is 1.16. The van der Waals surface area contributed by atoms with E-state index in [9.17, 15) is 0 Å². The monoisotopic (exact) mass is 440 g/mol. The van der Waals surface area contributed by atoms with Crippen LogP contribution in [0.25, 0.3) is 0 Å². The quantitative estimate of drug-likeness (QED) is 0.532. The lowest BCUT2D eigenvalue weighted by Crippen LogP contribution is -2.16. The number of thiophene rings is 1. The van der Waals surface area contributed by atoms with Gasteiger partial charge < -0.3 is 14.9 Å². The van der Waals surface area contributed by atoms with Crippen molar-refractivity contribution < 1.29 is 9.47 Å². The number of hydrogen-bond donors (Lipinski definition) is 2. The molecular formula is C16H17BrN4O2S2. The van der Waals surface area contributed by atoms with Gasteiger partial charge in [0.05, 0.1) is 18.1 Å². The number of nitrogens with one attached hydrogen (secondary N) is 2. The van der Waals surface area contributed by atoms with Crippen molar-refractivity contribution in [2.75, 3.05) is 12.5 Å². The zero-order valence-electron chi connectivity index (χ0n) is 13.7. The van der Waals surface area contributed by atoms with Crippen LogP contribution in [0.2, 0.25) is 0 Å². The van der Waals surface area contributed by atoms with Crippen molar-refractivity contribution in [3.8, 4) is 11.5 Å². The van der Waals surface area contributed by atoms with Crippen LogP contribution in [0.3, 0.4) is 0 Å². The van der Waals surface area contributed by atoms with Gasteiger partial charge in [0.15, 0.2) is 11.5 Å². The van der Waals surface area contributed by atoms with E-state index in [0.29, 0.717) is 29.4 Å². The van der Waals surface area contributed by atoms with Gasteiger partial charge in [0, 0.05) is 4.88 Å². The summed E-state index contributed by atoms with van der Waals surface area (Å²) in [6, 6.07) is 7.99. The van der Waals surface area contributed by atoms with E-state index in [1.54, 1.807) is 23.1 Å². The number of aromatic amines is 1. The number of halogens is 1. The molecule has 0 fully saturated rings. The maximum atomic E-state index is 5.93. The smallest absolute Gasteiger partial charge is 0.214 e. The number of hydrogen-bond acceptors (Lipinski definition) is 6. The second kappa shape index (κ2) is 8.03. The van der Waals surface area contributed by atoms with Crippen LogP contribution in [0.5, 0.6) is 11.5 Å². The topological polar surface area (TPSA) is 64.1 Å². The van der Waals surface area contributed by atoms with Crippen LogP contribution in [-0.2, 0) is 13.2 Å². The highest BCUT2D eigenvalue weighted by molar-refractivity contribution is 9.10. The molecule has 0 aliphatic heterocycles. The van der Waals surface area contributed by atoms with E-state index in [4.69, 9.17) is 21.7 Å². The molecule has 0 aliphatic rings. The van der Waals surface area contributed by atoms with Crippen LogP contribution in [0.15, 0.2) is 34.1 Å². The Balaban J connectivity index is 1.75. The van der Waals surface area contributed by atoms with Crippen molar-refractivity contribution in [2.45, 2.75) is 20.1 Å². The molecule has 1 aromatic carbocycles. The molecule has 25 heavy (non-hydrogen) atoms. The van der Waals surface area contributed by atoms with Gasteiger partial charge in [-0.1, -0.05) is 6.07 Å². The molecule has 3 aromatic rings. The van der Waals surface area contributed by atoms with Crippen LogP contribution in [-0.4, -0.2) is 22.0 Å². The molecular weight excluding hydrogens is 424 g/mol. The van der Waals surface area contributed by atoms with Gasteiger partial charge >= 0.3 is 0 Å². The summed E-state index contributed by atoms with van der Waals surface area (Å²) in [5, 5.41) is 8.85. The van der Waals surface area contributed by atoms with Crippen molar-refractivity contribution in [2.24, 2.45) is 0 Å². The molecule has 0 bridgehead atoms. The molecule has 0 amide bonds. The molecule has 132 valence electrons. The normalized spacial score (nSPS) is 10.7. The first-order valence-corrected chi connectivity index (χ1v) is 9.56. The van der Waals surface area contributed by atoms with E-state index in [2.05, 4.69) is 31.6 Å². The summed E-state index contributed by atoms with van der Waals surface area (Å²) in [6.07, 6.45) is 0. The number of rotatable bonds is 7. The number of benzene rings is 1. The number of H-pyrrole nitrogens is 1. The van der Waals surface area contributed by atoms with Crippen molar-refractivity contribution in [3.05, 3.63) is 55.2 Å². The van der Waals surface area contributed by atoms with Crippen molar-refractivity contribution in [3.63, 3.8) is 0 Å². The van der Waals surface area contributed by atoms with Crippen molar-refractivity contribution in [1.29, 1.82) is 0 Å². The van der Waals surface area contributed by atoms with Gasteiger partial charge in [-0.3, -0.25) is 5.10 Å². The number of methoxy groups -OCH3 is 1. The highest BCUT2D eigenvalue weighted by Gasteiger charge is 2.13. The molecule has 2 heterocycles. The van der Waals surface area contributed by atoms with E-state index < -0.39 is 0 Å². The number of aryl methyl sites for hydroxylation is 1. The zero-order chi connectivity index (χ0) is 17.8. The van der Waals surface area contributed by atoms with Crippen LogP contribution in [0.1, 0.15) is 16.3 Å². The molecule has 0 saturated carbocycles. The number of aromatic nitrogens is 3. The maximum absolute atomic E-state index is 5.93. The number of ether oxygens (including phenoxy) is 2. The van der Waals surface area contributed by atoms with Crippen LogP contribution >= 0.6 is 39.5 Å². The second-order valence-electron chi connectivity index (χ2n) is 5.22. The minimum Gasteiger partial charge on any atom is -0.493 e. The zero-order valence-corrected chi connectivity index (χ0v) is 16.9. The molecule has 0 atom stereocenters. The van der Waals surface area contributed by atoms with E-state index >= 15 is 0 Å². The minimum absolute atomic E-state index is 0.508. The molecule has 2 aromatic heterocycles. The summed E-state index contributed by atoms with van der Waals surface area (Å²) >= 11 is 10.4. The summed E-state index contributed by atoms with van der Waals surface area (Å²) < 4.78 is 14.5. The Hall–Kier alpha value is -1.84. The number of nitrogens with zero attached hydrogens (tertiary/aromatic N) is 2. The van der Waals surface area contributed by atoms with E-state index in [0.717, 1.165) is 20.7 Å². The Bertz CT molecular complexity index is 905. The summed E-state index contributed by atoms with van der Waals surface area (Å²) in [5.41, 5.74) is 4.26. The van der Waals surface area contributed by atoms with E-state index in [1.165, 1.54) is 0 Å². The highest BCUT2D eigenvalue weighted by atomic mass is 79.9. The third kappa shape index (κ3) is 4.23. The van der Waals surface area contributed by atoms with E-state index in [1.807, 2.05) is 36.6 Å². The Morgan fingerprint density at radius 1 is 1.44 bits per heavy atom. The Labute approximate surface area is 162 Å². The Morgan fingerprint density at radius 2 is 2.28 bits per heavy atom. The Kier molecular flexibility index (Phi) is 5.77. The molecule has 0 unspecified atom stereocenters. The first-order chi connectivity index (χ1) is 12.1. The molecule has 2 N–H and O–H groups in total. The highest BCUT2D eigenvalue weighted by Crippen LogP contribution is 2.37. The fourth-order valence-corrected chi connectivity index (χ4v) is 3.75. The minimum atomic E-state index is 0.508. The third-order valence-corrected chi connectivity index (χ3v) is 5.22. The largest absolute Gasteiger partial charge is 0.493 e. The molecule has 0 saturated heterocycles.